The Morgan fingerprint density at radius 2 is 2.14 bits per heavy atom. The van der Waals surface area contributed by atoms with Crippen LogP contribution in [-0.4, -0.2) is 28.6 Å². The highest BCUT2D eigenvalue weighted by Gasteiger charge is 2.36. The number of hydrogen-bond donors (Lipinski definition) is 1. The van der Waals surface area contributed by atoms with Crippen LogP contribution in [-0.2, 0) is 6.42 Å². The number of aromatic carboxylic acids is 1. The summed E-state index contributed by atoms with van der Waals surface area (Å²) in [6.45, 7) is 3.12. The number of hydrogen-bond acceptors (Lipinski definition) is 3. The van der Waals surface area contributed by atoms with E-state index in [0.717, 1.165) is 36.8 Å². The molecule has 0 aromatic carbocycles. The van der Waals surface area contributed by atoms with Crippen LogP contribution in [0.15, 0.2) is 12.1 Å². The molecule has 1 aliphatic carbocycles. The Morgan fingerprint density at radius 1 is 1.33 bits per heavy atom. The van der Waals surface area contributed by atoms with Crippen LogP contribution < -0.4 is 4.90 Å². The number of aromatic nitrogens is 1. The number of fused-ring (bicyclic) bond motifs is 1. The van der Waals surface area contributed by atoms with Gasteiger partial charge < -0.3 is 10.0 Å². The monoisotopic (exact) mass is 288 g/mol. The number of rotatable bonds is 4. The molecule has 4 nitrogen and oxygen atoms in total. The molecular weight excluding hydrogens is 264 g/mol. The van der Waals surface area contributed by atoms with Crippen molar-refractivity contribution < 1.29 is 9.90 Å². The van der Waals surface area contributed by atoms with Gasteiger partial charge in [-0.25, -0.2) is 9.78 Å². The summed E-state index contributed by atoms with van der Waals surface area (Å²) in [5, 5.41) is 9.33. The normalized spacial score (nSPS) is 24.9. The fraction of sp³-hybridized carbons (Fsp3) is 0.647. The summed E-state index contributed by atoms with van der Waals surface area (Å²) in [6, 6.07) is 4.06. The van der Waals surface area contributed by atoms with Crippen molar-refractivity contribution in [2.75, 3.05) is 11.4 Å². The van der Waals surface area contributed by atoms with Gasteiger partial charge in [-0.2, -0.15) is 0 Å². The first-order valence-electron chi connectivity index (χ1n) is 8.20. The minimum Gasteiger partial charge on any atom is -0.478 e. The maximum Gasteiger partial charge on any atom is 0.335 e. The fourth-order valence-corrected chi connectivity index (χ4v) is 3.92. The van der Waals surface area contributed by atoms with Crippen molar-refractivity contribution in [1.29, 1.82) is 0 Å². The molecule has 0 amide bonds. The summed E-state index contributed by atoms with van der Waals surface area (Å²) in [6.07, 6.45) is 8.25. The largest absolute Gasteiger partial charge is 0.478 e. The Kier molecular flexibility index (Phi) is 4.13. The zero-order chi connectivity index (χ0) is 14.8. The van der Waals surface area contributed by atoms with Crippen molar-refractivity contribution in [3.05, 3.63) is 23.4 Å². The van der Waals surface area contributed by atoms with Crippen molar-refractivity contribution in [3.63, 3.8) is 0 Å². The second-order valence-corrected chi connectivity index (χ2v) is 6.35. The minimum atomic E-state index is -0.851. The number of carboxylic acids is 1. The predicted octanol–water partition coefficient (Wildman–Crippen LogP) is 3.50. The molecule has 0 spiro atoms. The minimum absolute atomic E-state index is 0.378. The molecule has 2 unspecified atom stereocenters. The maximum absolute atomic E-state index is 11.4. The number of aryl methyl sites for hydroxylation is 1. The molecular formula is C17H24N2O2. The van der Waals surface area contributed by atoms with Crippen molar-refractivity contribution in [3.8, 4) is 0 Å². The molecule has 2 fully saturated rings. The first-order chi connectivity index (χ1) is 10.2. The smallest absolute Gasteiger partial charge is 0.335 e. The van der Waals surface area contributed by atoms with Gasteiger partial charge in [-0.3, -0.25) is 0 Å². The highest BCUT2D eigenvalue weighted by molar-refractivity contribution is 5.88. The number of anilines is 1. The molecule has 1 N–H and O–H groups in total. The van der Waals surface area contributed by atoms with E-state index in [9.17, 15) is 9.90 Å². The molecule has 0 radical (unpaired) electrons. The SMILES string of the molecule is CCCc1cc(C(=O)O)cc(N2CCC3CCCCC32)n1. The quantitative estimate of drug-likeness (QED) is 0.921. The number of carboxylic acid groups (broad SMARTS) is 1. The van der Waals surface area contributed by atoms with Gasteiger partial charge >= 0.3 is 5.97 Å². The Morgan fingerprint density at radius 3 is 2.90 bits per heavy atom. The number of carbonyl (C=O) groups is 1. The van der Waals surface area contributed by atoms with Crippen LogP contribution >= 0.6 is 0 Å². The lowest BCUT2D eigenvalue weighted by atomic mass is 9.85. The molecule has 21 heavy (non-hydrogen) atoms. The lowest BCUT2D eigenvalue weighted by Crippen LogP contribution is -2.35. The van der Waals surface area contributed by atoms with Gasteiger partial charge in [-0.1, -0.05) is 26.2 Å². The van der Waals surface area contributed by atoms with Crippen LogP contribution in [0.3, 0.4) is 0 Å². The average molecular weight is 288 g/mol. The average Bonchev–Trinajstić information content (AvgIpc) is 2.91. The maximum atomic E-state index is 11.4. The van der Waals surface area contributed by atoms with E-state index < -0.39 is 5.97 Å². The van der Waals surface area contributed by atoms with Crippen LogP contribution in [0.5, 0.6) is 0 Å². The van der Waals surface area contributed by atoms with Crippen LogP contribution in [0.4, 0.5) is 5.82 Å². The zero-order valence-electron chi connectivity index (χ0n) is 12.7. The Labute approximate surface area is 126 Å². The molecule has 2 aliphatic rings. The zero-order valence-corrected chi connectivity index (χ0v) is 12.7. The Hall–Kier alpha value is -1.58. The van der Waals surface area contributed by atoms with E-state index in [1.807, 2.05) is 0 Å². The van der Waals surface area contributed by atoms with E-state index in [1.54, 1.807) is 12.1 Å². The first-order valence-corrected chi connectivity index (χ1v) is 8.20. The Bertz CT molecular complexity index is 530. The van der Waals surface area contributed by atoms with Crippen LogP contribution in [0, 0.1) is 5.92 Å². The van der Waals surface area contributed by atoms with Gasteiger partial charge in [0.05, 0.1) is 5.56 Å². The molecule has 1 aliphatic heterocycles. The summed E-state index contributed by atoms with van der Waals surface area (Å²) < 4.78 is 0. The summed E-state index contributed by atoms with van der Waals surface area (Å²) in [7, 11) is 0. The van der Waals surface area contributed by atoms with Gasteiger partial charge in [0.15, 0.2) is 0 Å². The van der Waals surface area contributed by atoms with Gasteiger partial charge in [-0.05, 0) is 43.7 Å². The lowest BCUT2D eigenvalue weighted by molar-refractivity contribution is 0.0696. The van der Waals surface area contributed by atoms with Gasteiger partial charge in [0.2, 0.25) is 0 Å². The molecule has 1 aromatic heterocycles. The molecule has 2 heterocycles. The van der Waals surface area contributed by atoms with Crippen molar-refractivity contribution in [2.24, 2.45) is 5.92 Å². The van der Waals surface area contributed by atoms with Crippen LogP contribution in [0.25, 0.3) is 0 Å². The summed E-state index contributed by atoms with van der Waals surface area (Å²) in [4.78, 5) is 18.5. The lowest BCUT2D eigenvalue weighted by Gasteiger charge is -2.32. The van der Waals surface area contributed by atoms with Gasteiger partial charge in [-0.15, -0.1) is 0 Å². The van der Waals surface area contributed by atoms with E-state index in [0.29, 0.717) is 11.6 Å². The highest BCUT2D eigenvalue weighted by Crippen LogP contribution is 2.38. The van der Waals surface area contributed by atoms with Gasteiger partial charge in [0, 0.05) is 18.3 Å². The molecule has 1 saturated carbocycles. The predicted molar refractivity (Wildman–Crippen MR) is 82.9 cm³/mol. The van der Waals surface area contributed by atoms with E-state index >= 15 is 0 Å². The van der Waals surface area contributed by atoms with Crippen LogP contribution in [0.2, 0.25) is 0 Å². The third-order valence-corrected chi connectivity index (χ3v) is 4.92. The summed E-state index contributed by atoms with van der Waals surface area (Å²) >= 11 is 0. The van der Waals surface area contributed by atoms with Crippen LogP contribution in [0.1, 0.15) is 61.5 Å². The molecule has 2 atom stereocenters. The number of pyridine rings is 1. The summed E-state index contributed by atoms with van der Waals surface area (Å²) in [5.41, 5.74) is 1.29. The van der Waals surface area contributed by atoms with Crippen molar-refractivity contribution >= 4 is 11.8 Å². The van der Waals surface area contributed by atoms with Gasteiger partial charge in [0.25, 0.3) is 0 Å². The van der Waals surface area contributed by atoms with E-state index in [-0.39, 0.29) is 0 Å². The second-order valence-electron chi connectivity index (χ2n) is 6.35. The molecule has 0 bridgehead atoms. The molecule has 114 valence electrons. The molecule has 1 aromatic rings. The van der Waals surface area contributed by atoms with Gasteiger partial charge in [0.1, 0.15) is 5.82 Å². The van der Waals surface area contributed by atoms with Crippen molar-refractivity contribution in [2.45, 2.75) is 57.9 Å². The standard InChI is InChI=1S/C17H24N2O2/c1-2-5-14-10-13(17(20)21)11-16(18-14)19-9-8-12-6-3-4-7-15(12)19/h10-12,15H,2-9H2,1H3,(H,20,21). The van der Waals surface area contributed by atoms with E-state index in [1.165, 1.54) is 32.1 Å². The Balaban J connectivity index is 1.91. The third-order valence-electron chi connectivity index (χ3n) is 4.92. The third kappa shape index (κ3) is 2.89. The fourth-order valence-electron chi connectivity index (χ4n) is 3.92. The second kappa shape index (κ2) is 6.04. The molecule has 4 heteroatoms. The van der Waals surface area contributed by atoms with Crippen molar-refractivity contribution in [1.82, 2.24) is 4.98 Å². The number of nitrogens with zero attached hydrogens (tertiary/aromatic N) is 2. The topological polar surface area (TPSA) is 53.4 Å². The first kappa shape index (κ1) is 14.4. The van der Waals surface area contributed by atoms with E-state index in [2.05, 4.69) is 11.8 Å². The summed E-state index contributed by atoms with van der Waals surface area (Å²) in [5.74, 6) is 0.812. The highest BCUT2D eigenvalue weighted by atomic mass is 16.4. The molecule has 3 rings (SSSR count). The molecule has 1 saturated heterocycles. The van der Waals surface area contributed by atoms with E-state index in [4.69, 9.17) is 4.98 Å².